The van der Waals surface area contributed by atoms with Crippen LogP contribution in [-0.2, 0) is 0 Å². The van der Waals surface area contributed by atoms with Crippen LogP contribution in [0.4, 0.5) is 0 Å². The van der Waals surface area contributed by atoms with Gasteiger partial charge < -0.3 is 0 Å². The lowest BCUT2D eigenvalue weighted by atomic mass is 10.2. The van der Waals surface area contributed by atoms with Gasteiger partial charge in [-0.05, 0) is 39.9 Å². The van der Waals surface area contributed by atoms with Crippen LogP contribution in [0.25, 0.3) is 0 Å². The normalized spacial score (nSPS) is 9.60. The quantitative estimate of drug-likeness (QED) is 0.501. The zero-order chi connectivity index (χ0) is 11.3. The summed E-state index contributed by atoms with van der Waals surface area (Å²) in [5.41, 5.74) is 4.20. The van der Waals surface area contributed by atoms with Crippen molar-refractivity contribution >= 4 is 24.0 Å². The minimum atomic E-state index is -1.28. The minimum absolute atomic E-state index is 0.988. The third kappa shape index (κ3) is 4.88. The summed E-state index contributed by atoms with van der Waals surface area (Å²) in [7, 11) is -1.28. The molecule has 0 saturated heterocycles. The van der Waals surface area contributed by atoms with E-state index in [0.29, 0.717) is 0 Å². The molecule has 0 fully saturated rings. The van der Waals surface area contributed by atoms with Crippen molar-refractivity contribution in [3.05, 3.63) is 34.3 Å². The molecule has 0 atom stereocenters. The standard InChI is InChI=1S/C13H13BrSi/c1-15(2,3)11-7-6-9-12-8-4-5-10-13(12)14/h4-5,8,10H,1-3H3. The molecular weight excluding hydrogens is 264 g/mol. The Hall–Kier alpha value is -0.963. The fourth-order valence-electron chi connectivity index (χ4n) is 0.880. The number of rotatable bonds is 0. The molecule has 1 aromatic rings. The van der Waals surface area contributed by atoms with Crippen LogP contribution in [0.2, 0.25) is 19.6 Å². The SMILES string of the molecule is C[Si](C)(C)C#CC#Cc1ccccc1Br. The van der Waals surface area contributed by atoms with Crippen LogP contribution >= 0.6 is 15.9 Å². The first-order valence-electron chi connectivity index (χ1n) is 4.77. The molecule has 0 aliphatic heterocycles. The van der Waals surface area contributed by atoms with Crippen molar-refractivity contribution in [1.29, 1.82) is 0 Å². The molecule has 0 radical (unpaired) electrons. The maximum absolute atomic E-state index is 3.45. The molecule has 0 unspecified atom stereocenters. The van der Waals surface area contributed by atoms with Gasteiger partial charge in [-0.1, -0.05) is 37.7 Å². The van der Waals surface area contributed by atoms with Crippen molar-refractivity contribution in [1.82, 2.24) is 0 Å². The number of hydrogen-bond donors (Lipinski definition) is 0. The van der Waals surface area contributed by atoms with Crippen LogP contribution in [0.15, 0.2) is 28.7 Å². The van der Waals surface area contributed by atoms with Crippen molar-refractivity contribution in [2.24, 2.45) is 0 Å². The Morgan fingerprint density at radius 3 is 2.33 bits per heavy atom. The average Bonchev–Trinajstić information content (AvgIpc) is 2.13. The summed E-state index contributed by atoms with van der Waals surface area (Å²) >= 11 is 3.45. The van der Waals surface area contributed by atoms with Crippen molar-refractivity contribution in [2.45, 2.75) is 19.6 Å². The van der Waals surface area contributed by atoms with E-state index in [4.69, 9.17) is 0 Å². The van der Waals surface area contributed by atoms with Crippen molar-refractivity contribution < 1.29 is 0 Å². The van der Waals surface area contributed by atoms with E-state index in [9.17, 15) is 0 Å². The average molecular weight is 277 g/mol. The largest absolute Gasteiger partial charge is 0.130 e. The first kappa shape index (κ1) is 12.1. The van der Waals surface area contributed by atoms with Gasteiger partial charge in [0.05, 0.1) is 0 Å². The fraction of sp³-hybridized carbons (Fsp3) is 0.231. The van der Waals surface area contributed by atoms with Crippen LogP contribution in [-0.4, -0.2) is 8.07 Å². The zero-order valence-corrected chi connectivity index (χ0v) is 11.8. The predicted octanol–water partition coefficient (Wildman–Crippen LogP) is 3.68. The Balaban J connectivity index is 2.83. The summed E-state index contributed by atoms with van der Waals surface area (Å²) < 4.78 is 1.02. The molecule has 0 heterocycles. The molecule has 1 rings (SSSR count). The Kier molecular flexibility index (Phi) is 4.21. The van der Waals surface area contributed by atoms with Crippen LogP contribution in [0.3, 0.4) is 0 Å². The monoisotopic (exact) mass is 276 g/mol. The Morgan fingerprint density at radius 1 is 1.07 bits per heavy atom. The lowest BCUT2D eigenvalue weighted by Gasteiger charge is -2.01. The summed E-state index contributed by atoms with van der Waals surface area (Å²) in [5, 5.41) is 0. The van der Waals surface area contributed by atoms with Crippen LogP contribution in [0, 0.1) is 23.3 Å². The molecule has 0 N–H and O–H groups in total. The molecule has 76 valence electrons. The van der Waals surface area contributed by atoms with E-state index in [1.165, 1.54) is 0 Å². The van der Waals surface area contributed by atoms with Crippen LogP contribution < -0.4 is 0 Å². The van der Waals surface area contributed by atoms with Gasteiger partial charge in [-0.2, -0.15) is 0 Å². The topological polar surface area (TPSA) is 0 Å². The van der Waals surface area contributed by atoms with Gasteiger partial charge in [0.2, 0.25) is 0 Å². The maximum atomic E-state index is 3.45. The Labute approximate surface area is 101 Å². The number of benzene rings is 1. The van der Waals surface area contributed by atoms with E-state index in [1.807, 2.05) is 24.3 Å². The molecule has 2 heteroatoms. The molecule has 0 amide bonds. The third-order valence-electron chi connectivity index (χ3n) is 1.57. The number of halogens is 1. The van der Waals surface area contributed by atoms with Crippen LogP contribution in [0.1, 0.15) is 5.56 Å². The third-order valence-corrected chi connectivity index (χ3v) is 3.14. The van der Waals surface area contributed by atoms with E-state index < -0.39 is 8.07 Å². The second-order valence-corrected chi connectivity index (χ2v) is 9.83. The first-order valence-corrected chi connectivity index (χ1v) is 9.06. The van der Waals surface area contributed by atoms with Gasteiger partial charge in [0, 0.05) is 10.0 Å². The van der Waals surface area contributed by atoms with Crippen molar-refractivity contribution in [3.8, 4) is 23.3 Å². The Bertz CT molecular complexity index is 461. The summed E-state index contributed by atoms with van der Waals surface area (Å²) in [6.45, 7) is 6.63. The first-order chi connectivity index (χ1) is 6.99. The highest BCUT2D eigenvalue weighted by molar-refractivity contribution is 9.10. The molecular formula is C13H13BrSi. The van der Waals surface area contributed by atoms with Gasteiger partial charge in [0.15, 0.2) is 0 Å². The number of hydrogen-bond acceptors (Lipinski definition) is 0. The second kappa shape index (κ2) is 5.21. The van der Waals surface area contributed by atoms with Crippen molar-refractivity contribution in [2.75, 3.05) is 0 Å². The summed E-state index contributed by atoms with van der Waals surface area (Å²) in [6, 6.07) is 7.91. The molecule has 0 nitrogen and oxygen atoms in total. The van der Waals surface area contributed by atoms with E-state index in [0.717, 1.165) is 10.0 Å². The van der Waals surface area contributed by atoms with Gasteiger partial charge in [0.25, 0.3) is 0 Å². The van der Waals surface area contributed by atoms with Crippen LogP contribution in [0.5, 0.6) is 0 Å². The zero-order valence-electron chi connectivity index (χ0n) is 9.19. The molecule has 0 saturated carbocycles. The second-order valence-electron chi connectivity index (χ2n) is 4.23. The molecule has 0 aliphatic rings. The minimum Gasteiger partial charge on any atom is -0.118 e. The molecule has 15 heavy (non-hydrogen) atoms. The van der Waals surface area contributed by atoms with E-state index >= 15 is 0 Å². The maximum Gasteiger partial charge on any atom is 0.130 e. The van der Waals surface area contributed by atoms with Gasteiger partial charge >= 0.3 is 0 Å². The molecule has 0 aliphatic carbocycles. The van der Waals surface area contributed by atoms with Gasteiger partial charge in [0.1, 0.15) is 8.07 Å². The molecule has 0 spiro atoms. The summed E-state index contributed by atoms with van der Waals surface area (Å²) in [5.74, 6) is 8.86. The molecule has 0 aromatic heterocycles. The fourth-order valence-corrected chi connectivity index (χ4v) is 1.70. The smallest absolute Gasteiger partial charge is 0.118 e. The lowest BCUT2D eigenvalue weighted by Crippen LogP contribution is -2.16. The summed E-state index contributed by atoms with van der Waals surface area (Å²) in [4.78, 5) is 0. The van der Waals surface area contributed by atoms with E-state index in [-0.39, 0.29) is 0 Å². The highest BCUT2D eigenvalue weighted by Gasteiger charge is 2.06. The molecule has 0 bridgehead atoms. The predicted molar refractivity (Wildman–Crippen MR) is 72.1 cm³/mol. The molecule has 1 aromatic carbocycles. The Morgan fingerprint density at radius 2 is 1.73 bits per heavy atom. The lowest BCUT2D eigenvalue weighted by molar-refractivity contribution is 1.59. The van der Waals surface area contributed by atoms with Crippen molar-refractivity contribution in [3.63, 3.8) is 0 Å². The van der Waals surface area contributed by atoms with Gasteiger partial charge in [-0.15, -0.1) is 5.54 Å². The highest BCUT2D eigenvalue weighted by atomic mass is 79.9. The van der Waals surface area contributed by atoms with Gasteiger partial charge in [-0.25, -0.2) is 0 Å². The van der Waals surface area contributed by atoms with E-state index in [2.05, 4.69) is 58.9 Å². The summed E-state index contributed by atoms with van der Waals surface area (Å²) in [6.07, 6.45) is 0. The van der Waals surface area contributed by atoms with Gasteiger partial charge in [-0.3, -0.25) is 0 Å². The highest BCUT2D eigenvalue weighted by Crippen LogP contribution is 2.13. The van der Waals surface area contributed by atoms with E-state index in [1.54, 1.807) is 0 Å².